The van der Waals surface area contributed by atoms with E-state index in [9.17, 15) is 68.7 Å². The summed E-state index contributed by atoms with van der Waals surface area (Å²) in [5.41, 5.74) is 6.69. The lowest BCUT2D eigenvalue weighted by Crippen LogP contribution is -2.63. The van der Waals surface area contributed by atoms with Crippen LogP contribution in [-0.4, -0.2) is 249 Å². The van der Waals surface area contributed by atoms with Gasteiger partial charge in [-0.05, 0) is 170 Å². The summed E-state index contributed by atoms with van der Waals surface area (Å²) in [5.74, 6) is -10.8. The van der Waals surface area contributed by atoms with Gasteiger partial charge in [0.05, 0.1) is 24.4 Å². The number of nitrogens with two attached hydrogens (primary N) is 1. The topological polar surface area (TPSA) is 509 Å². The van der Waals surface area contributed by atoms with Crippen LogP contribution < -0.4 is 74.9 Å². The first-order valence-electron chi connectivity index (χ1n) is 41.0. The number of primary amides is 1. The number of rotatable bonds is 18. The van der Waals surface area contributed by atoms with E-state index in [1.54, 1.807) is 34.6 Å². The van der Waals surface area contributed by atoms with Crippen LogP contribution in [-0.2, 0) is 73.8 Å². The second kappa shape index (κ2) is 46.0. The van der Waals surface area contributed by atoms with Crippen molar-refractivity contribution in [2.45, 2.75) is 311 Å². The van der Waals surface area contributed by atoms with Crippen LogP contribution in [0.4, 0.5) is 0 Å². The van der Waals surface area contributed by atoms with Crippen LogP contribution in [0.25, 0.3) is 0 Å². The van der Waals surface area contributed by atoms with Crippen LogP contribution in [0.1, 0.15) is 207 Å². The lowest BCUT2D eigenvalue weighted by molar-refractivity contribution is -0.139. The predicted molar refractivity (Wildman–Crippen MR) is 429 cm³/mol. The number of fused-ring (bicyclic) bond motifs is 3. The van der Waals surface area contributed by atoms with Crippen molar-refractivity contribution in [3.05, 3.63) is 35.4 Å². The fourth-order valence-electron chi connectivity index (χ4n) is 16.4. The zero-order valence-corrected chi connectivity index (χ0v) is 69.2. The van der Waals surface area contributed by atoms with Crippen molar-refractivity contribution >= 4 is 100 Å². The molecule has 1 aromatic rings. The Morgan fingerprint density at radius 2 is 1.00 bits per heavy atom. The Morgan fingerprint density at radius 3 is 1.49 bits per heavy atom. The molecule has 6 aliphatic rings. The monoisotopic (exact) mass is 1640 g/mol. The van der Waals surface area contributed by atoms with Crippen molar-refractivity contribution in [1.82, 2.24) is 74.0 Å². The number of carboxylic acid groups (broad SMARTS) is 1. The first kappa shape index (κ1) is 93.9. The minimum atomic E-state index is -1.77. The molecule has 3 heterocycles. The predicted octanol–water partition coefficient (Wildman–Crippen LogP) is -0.0506. The van der Waals surface area contributed by atoms with Gasteiger partial charge in [0.2, 0.25) is 70.9 Å². The zero-order valence-electron chi connectivity index (χ0n) is 67.5. The number of aliphatic hydroxyl groups is 4. The molecule has 2 saturated heterocycles. The Labute approximate surface area is 678 Å². The molecule has 17 atom stereocenters. The molecule has 3 aliphatic carbocycles. The quantitative estimate of drug-likeness (QED) is 0.0916. The van der Waals surface area contributed by atoms with Gasteiger partial charge in [0.15, 0.2) is 0 Å². The maximum Gasteiger partial charge on any atom is 0.303 e. The van der Waals surface area contributed by atoms with Crippen LogP contribution in [0.3, 0.4) is 0 Å². The van der Waals surface area contributed by atoms with Crippen LogP contribution in [0.2, 0.25) is 0 Å². The zero-order chi connectivity index (χ0) is 83.5. The maximum atomic E-state index is 15.3. The third kappa shape index (κ3) is 29.7. The summed E-state index contributed by atoms with van der Waals surface area (Å²) in [6.07, 6.45) is 2.25. The highest BCUT2D eigenvalue weighted by atomic mass is 32.2. The number of hydrogen-bond acceptors (Lipinski definition) is 22. The summed E-state index contributed by atoms with van der Waals surface area (Å²) in [4.78, 5) is 190. The first-order valence-corrected chi connectivity index (χ1v) is 43.4. The van der Waals surface area contributed by atoms with E-state index in [0.29, 0.717) is 94.8 Å². The molecular formula is C79H129N15O18S2. The largest absolute Gasteiger partial charge is 0.481 e. The van der Waals surface area contributed by atoms with Crippen LogP contribution >= 0.6 is 23.5 Å². The molecule has 640 valence electrons. The van der Waals surface area contributed by atoms with E-state index in [1.807, 2.05) is 31.3 Å². The Kier molecular flexibility index (Phi) is 37.9. The number of aliphatic carboxylic acids is 1. The average molecular weight is 1640 g/mol. The summed E-state index contributed by atoms with van der Waals surface area (Å²) in [6, 6.07) is -8.63. The molecule has 1 aromatic carbocycles. The van der Waals surface area contributed by atoms with Crippen molar-refractivity contribution in [1.29, 1.82) is 0 Å². The molecule has 33 nitrogen and oxygen atoms in total. The Hall–Kier alpha value is -7.25. The molecular weight excluding hydrogens is 1510 g/mol. The lowest BCUT2D eigenvalue weighted by Gasteiger charge is -2.34. The molecule has 2 bridgehead atoms. The number of thioether (sulfide) groups is 2. The number of nitrogens with one attached hydrogen (secondary N) is 13. The van der Waals surface area contributed by atoms with Crippen molar-refractivity contribution in [3.8, 4) is 0 Å². The highest BCUT2D eigenvalue weighted by Gasteiger charge is 2.46. The summed E-state index contributed by atoms with van der Waals surface area (Å²) in [6.45, 7) is 12.6. The van der Waals surface area contributed by atoms with E-state index in [-0.39, 0.29) is 86.8 Å². The number of nitrogens with zero attached hydrogens (tertiary/aromatic N) is 1. The lowest BCUT2D eigenvalue weighted by atomic mass is 9.77. The Morgan fingerprint density at radius 1 is 0.553 bits per heavy atom. The molecule has 12 amide bonds. The number of likely N-dealkylation sites (tertiary alicyclic amines) is 1. The summed E-state index contributed by atoms with van der Waals surface area (Å²) >= 11 is 2.74. The Balaban J connectivity index is 1.23. The molecule has 3 saturated carbocycles. The second-order valence-corrected chi connectivity index (χ2v) is 35.5. The fraction of sp³-hybridized carbons (Fsp3) is 0.759. The van der Waals surface area contributed by atoms with Crippen molar-refractivity contribution < 1.29 is 87.9 Å². The van der Waals surface area contributed by atoms with Crippen molar-refractivity contribution in [2.24, 2.45) is 34.8 Å². The van der Waals surface area contributed by atoms with Crippen LogP contribution in [0.5, 0.6) is 0 Å². The van der Waals surface area contributed by atoms with Gasteiger partial charge in [-0.2, -0.15) is 23.5 Å². The molecule has 3 aliphatic heterocycles. The standard InChI is InChI=1S/C79H129N15O18S2/c1-9-14-54-69(103)85-56(28-29-64(100)101)70(104)86-57(33-45-20-24-51(97)25-21-45)72(106)84-55(15-10-2)71(105)92-66(44(4)96)77(111)90-61(68(80)102)41-114-40-48-17-13-16-47(32-48)39-113-31-30-63(99)91-67(79(5,6)7)78(112)89-58(34-46-22-26-52(98)27-23-46)73(107)87-60(36-50-37-81-42-82-50)75(109)93-65(43(3)95)76(110)88-59(74(108)83-54)35-49-38-94(8)62-19-12-11-18-53(49)62/h13,16-17,32,43-46,49-62,65-67,81-82,95-98H,9-12,14-15,18-31,33-42H2,1-8H3,(H2,80,102)(H,83,108)(H,84,106)(H,85,103)(H,86,104)(H,87,107)(H,88,110)(H,89,112)(H,90,111)(H,91,99)(H,92,105)(H,93,109)(H,100,101)/t43-,44-,45?,46?,49?,50?,51?,52?,53?,54+,55+,56+,57+,58+,59+,60+,61+,62?,65+,66+,67-/m1/s1. The molecule has 0 spiro atoms. The Bertz CT molecular complexity index is 3410. The number of benzene rings is 1. The van der Waals surface area contributed by atoms with Gasteiger partial charge >= 0.3 is 5.97 Å². The van der Waals surface area contributed by atoms with Gasteiger partial charge < -0.3 is 105 Å². The summed E-state index contributed by atoms with van der Waals surface area (Å²) in [5, 5.41) is 90.1. The number of hydrogen-bond donors (Lipinski definition) is 19. The van der Waals surface area contributed by atoms with Crippen molar-refractivity contribution in [2.75, 3.05) is 38.3 Å². The van der Waals surface area contributed by atoms with E-state index in [2.05, 4.69) is 74.0 Å². The molecule has 4 unspecified atom stereocenters. The van der Waals surface area contributed by atoms with Crippen LogP contribution in [0.15, 0.2) is 24.3 Å². The number of carbonyl (C=O) groups excluding carboxylic acids is 12. The van der Waals surface area contributed by atoms with Gasteiger partial charge in [-0.25, -0.2) is 0 Å². The molecule has 0 radical (unpaired) electrons. The number of aliphatic hydroxyl groups excluding tert-OH is 4. The molecule has 7 rings (SSSR count). The highest BCUT2D eigenvalue weighted by molar-refractivity contribution is 7.98. The van der Waals surface area contributed by atoms with E-state index in [4.69, 9.17) is 5.73 Å². The van der Waals surface area contributed by atoms with E-state index in [0.717, 1.165) is 36.8 Å². The average Bonchev–Trinajstić information content (AvgIpc) is 1.64. The minimum absolute atomic E-state index is 0.00972. The van der Waals surface area contributed by atoms with Gasteiger partial charge in [0, 0.05) is 67.7 Å². The minimum Gasteiger partial charge on any atom is -0.481 e. The molecule has 20 N–H and O–H groups in total. The number of carbonyl (C=O) groups is 13. The van der Waals surface area contributed by atoms with E-state index >= 15 is 19.2 Å². The number of amides is 12. The highest BCUT2D eigenvalue weighted by Crippen LogP contribution is 2.41. The second-order valence-electron chi connectivity index (χ2n) is 33.4. The third-order valence-electron chi connectivity index (χ3n) is 22.9. The number of carboxylic acids is 1. The van der Waals surface area contributed by atoms with E-state index < -0.39 is 192 Å². The fourth-order valence-corrected chi connectivity index (χ4v) is 18.3. The van der Waals surface area contributed by atoms with Crippen molar-refractivity contribution in [3.63, 3.8) is 0 Å². The first-order chi connectivity index (χ1) is 54.1. The van der Waals surface area contributed by atoms with Gasteiger partial charge in [0.25, 0.3) is 0 Å². The molecule has 0 aromatic heterocycles. The van der Waals surface area contributed by atoms with Gasteiger partial charge in [0.1, 0.15) is 66.5 Å². The van der Waals surface area contributed by atoms with E-state index in [1.165, 1.54) is 37.4 Å². The molecule has 5 fully saturated rings. The third-order valence-corrected chi connectivity index (χ3v) is 25.1. The maximum absolute atomic E-state index is 15.3. The molecule has 35 heteroatoms. The van der Waals surface area contributed by atoms with Gasteiger partial charge in [-0.1, -0.05) is 84.6 Å². The summed E-state index contributed by atoms with van der Waals surface area (Å²) in [7, 11) is 1.99. The summed E-state index contributed by atoms with van der Waals surface area (Å²) < 4.78 is 0. The van der Waals surface area contributed by atoms with Gasteiger partial charge in [-0.15, -0.1) is 0 Å². The normalized spacial score (nSPS) is 32.5. The van der Waals surface area contributed by atoms with Crippen LogP contribution in [0, 0.1) is 29.1 Å². The van der Waals surface area contributed by atoms with Gasteiger partial charge in [-0.3, -0.25) is 62.3 Å². The SMILES string of the molecule is CCC[C@@H]1NC(=O)[C@H](CC2CN(C)C3CCCCC23)NC(=O)[C@H]([C@@H](C)O)NC(=O)[C@H](CC2CNCN2)NC(=O)[C@H](CC2CCC(O)CC2)NC(=O)[C@H](C(C)(C)C)NC(=O)CCSCc2cccc(c2)CSC[C@@H](C(N)=O)NC(=O)[C@H]([C@@H](C)O)NC(=O)[C@H](CCC)NC(=O)[C@H](CC2CCC(O)CC2)NC(=O)[C@H](CCC(=O)O)NC1=O. The smallest absolute Gasteiger partial charge is 0.303 e. The molecule has 114 heavy (non-hydrogen) atoms.